The Balaban J connectivity index is 1.95. The van der Waals surface area contributed by atoms with Gasteiger partial charge in [0, 0.05) is 12.5 Å². The standard InChI is InChI=1S/C8H15NO2/c1-8(6-2-3-6)10-5-7(4-9)11-8/h6-7H,2-5,9H2,1H3. The first-order chi connectivity index (χ1) is 5.24. The van der Waals surface area contributed by atoms with E-state index in [1.807, 2.05) is 6.92 Å². The molecule has 1 heterocycles. The number of hydrogen-bond acceptors (Lipinski definition) is 3. The summed E-state index contributed by atoms with van der Waals surface area (Å²) < 4.78 is 11.2. The molecule has 0 spiro atoms. The third-order valence-electron chi connectivity index (χ3n) is 2.54. The molecule has 0 aromatic rings. The van der Waals surface area contributed by atoms with Crippen molar-refractivity contribution in [2.75, 3.05) is 13.2 Å². The summed E-state index contributed by atoms with van der Waals surface area (Å²) in [7, 11) is 0. The summed E-state index contributed by atoms with van der Waals surface area (Å²) in [6.45, 7) is 3.27. The van der Waals surface area contributed by atoms with Gasteiger partial charge in [0.2, 0.25) is 0 Å². The van der Waals surface area contributed by atoms with Crippen LogP contribution in [0.5, 0.6) is 0 Å². The highest BCUT2D eigenvalue weighted by Crippen LogP contribution is 2.45. The van der Waals surface area contributed by atoms with Crippen LogP contribution in [0.4, 0.5) is 0 Å². The maximum atomic E-state index is 5.67. The van der Waals surface area contributed by atoms with Crippen LogP contribution in [0.25, 0.3) is 0 Å². The summed E-state index contributed by atoms with van der Waals surface area (Å²) in [6, 6.07) is 0. The SMILES string of the molecule is CC1(C2CC2)OCC(CN)O1. The molecule has 0 aromatic heterocycles. The van der Waals surface area contributed by atoms with Crippen LogP contribution in [0.15, 0.2) is 0 Å². The smallest absolute Gasteiger partial charge is 0.168 e. The van der Waals surface area contributed by atoms with Crippen molar-refractivity contribution in [1.82, 2.24) is 0 Å². The third kappa shape index (κ3) is 1.28. The second-order valence-corrected chi connectivity index (χ2v) is 3.58. The van der Waals surface area contributed by atoms with Crippen LogP contribution in [-0.2, 0) is 9.47 Å². The van der Waals surface area contributed by atoms with Crippen LogP contribution in [-0.4, -0.2) is 25.0 Å². The van der Waals surface area contributed by atoms with Crippen molar-refractivity contribution >= 4 is 0 Å². The molecule has 1 aliphatic carbocycles. The van der Waals surface area contributed by atoms with Crippen molar-refractivity contribution in [2.24, 2.45) is 11.7 Å². The lowest BCUT2D eigenvalue weighted by Gasteiger charge is -2.22. The molecule has 2 atom stereocenters. The molecule has 0 radical (unpaired) electrons. The Bertz CT molecular complexity index is 158. The average Bonchev–Trinajstić information content (AvgIpc) is 2.77. The lowest BCUT2D eigenvalue weighted by molar-refractivity contribution is -0.167. The fourth-order valence-electron chi connectivity index (χ4n) is 1.60. The molecule has 3 nitrogen and oxygen atoms in total. The summed E-state index contributed by atoms with van der Waals surface area (Å²) in [5, 5.41) is 0. The topological polar surface area (TPSA) is 44.5 Å². The normalized spacial score (nSPS) is 44.7. The van der Waals surface area contributed by atoms with Gasteiger partial charge in [0.15, 0.2) is 5.79 Å². The summed E-state index contributed by atoms with van der Waals surface area (Å²) >= 11 is 0. The minimum Gasteiger partial charge on any atom is -0.347 e. The van der Waals surface area contributed by atoms with Gasteiger partial charge in [-0.15, -0.1) is 0 Å². The predicted octanol–water partition coefficient (Wildman–Crippen LogP) is 0.487. The Hall–Kier alpha value is -0.120. The highest BCUT2D eigenvalue weighted by Gasteiger charge is 2.48. The van der Waals surface area contributed by atoms with Crippen molar-refractivity contribution in [3.63, 3.8) is 0 Å². The molecule has 2 unspecified atom stereocenters. The molecule has 2 N–H and O–H groups in total. The summed E-state index contributed by atoms with van der Waals surface area (Å²) in [6.07, 6.45) is 2.61. The zero-order chi connectivity index (χ0) is 7.90. The predicted molar refractivity (Wildman–Crippen MR) is 41.0 cm³/mol. The maximum absolute atomic E-state index is 5.67. The van der Waals surface area contributed by atoms with Crippen molar-refractivity contribution in [1.29, 1.82) is 0 Å². The van der Waals surface area contributed by atoms with Gasteiger partial charge < -0.3 is 15.2 Å². The molecular weight excluding hydrogens is 142 g/mol. The Kier molecular flexibility index (Phi) is 1.67. The van der Waals surface area contributed by atoms with Crippen LogP contribution in [0.2, 0.25) is 0 Å². The fourth-order valence-corrected chi connectivity index (χ4v) is 1.60. The van der Waals surface area contributed by atoms with E-state index >= 15 is 0 Å². The molecule has 0 bridgehead atoms. The van der Waals surface area contributed by atoms with E-state index in [1.54, 1.807) is 0 Å². The first-order valence-corrected chi connectivity index (χ1v) is 4.26. The van der Waals surface area contributed by atoms with Gasteiger partial charge in [0.05, 0.1) is 12.7 Å². The summed E-state index contributed by atoms with van der Waals surface area (Å²) in [4.78, 5) is 0. The van der Waals surface area contributed by atoms with Gasteiger partial charge in [-0.25, -0.2) is 0 Å². The molecule has 2 aliphatic rings. The second-order valence-electron chi connectivity index (χ2n) is 3.58. The first kappa shape index (κ1) is 7.53. The minimum absolute atomic E-state index is 0.126. The Morgan fingerprint density at radius 1 is 1.55 bits per heavy atom. The van der Waals surface area contributed by atoms with E-state index < -0.39 is 0 Å². The Labute approximate surface area is 66.8 Å². The molecule has 0 aromatic carbocycles. The summed E-state index contributed by atoms with van der Waals surface area (Å²) in [5.41, 5.74) is 5.47. The quantitative estimate of drug-likeness (QED) is 0.634. The van der Waals surface area contributed by atoms with Gasteiger partial charge in [-0.05, 0) is 19.8 Å². The monoisotopic (exact) mass is 157 g/mol. The fraction of sp³-hybridized carbons (Fsp3) is 1.00. The molecule has 11 heavy (non-hydrogen) atoms. The van der Waals surface area contributed by atoms with E-state index in [4.69, 9.17) is 15.2 Å². The molecule has 2 fully saturated rings. The van der Waals surface area contributed by atoms with E-state index in [9.17, 15) is 0 Å². The van der Waals surface area contributed by atoms with Gasteiger partial charge >= 0.3 is 0 Å². The lowest BCUT2D eigenvalue weighted by atomic mass is 10.2. The molecule has 1 saturated heterocycles. The van der Waals surface area contributed by atoms with Crippen molar-refractivity contribution in [2.45, 2.75) is 31.7 Å². The maximum Gasteiger partial charge on any atom is 0.168 e. The van der Waals surface area contributed by atoms with Crippen LogP contribution in [0.1, 0.15) is 19.8 Å². The minimum atomic E-state index is -0.302. The Morgan fingerprint density at radius 3 is 2.73 bits per heavy atom. The van der Waals surface area contributed by atoms with Crippen molar-refractivity contribution < 1.29 is 9.47 Å². The van der Waals surface area contributed by atoms with Crippen LogP contribution in [0, 0.1) is 5.92 Å². The molecule has 2 rings (SSSR count). The second kappa shape index (κ2) is 2.44. The van der Waals surface area contributed by atoms with Crippen LogP contribution in [0.3, 0.4) is 0 Å². The van der Waals surface area contributed by atoms with Crippen LogP contribution >= 0.6 is 0 Å². The van der Waals surface area contributed by atoms with Gasteiger partial charge in [0.25, 0.3) is 0 Å². The number of rotatable bonds is 2. The van der Waals surface area contributed by atoms with E-state index in [1.165, 1.54) is 12.8 Å². The van der Waals surface area contributed by atoms with Gasteiger partial charge in [-0.2, -0.15) is 0 Å². The Morgan fingerprint density at radius 2 is 2.27 bits per heavy atom. The van der Waals surface area contributed by atoms with Crippen molar-refractivity contribution in [3.05, 3.63) is 0 Å². The van der Waals surface area contributed by atoms with Gasteiger partial charge in [-0.3, -0.25) is 0 Å². The molecule has 1 aliphatic heterocycles. The van der Waals surface area contributed by atoms with Crippen LogP contribution < -0.4 is 5.73 Å². The van der Waals surface area contributed by atoms with E-state index in [0.717, 1.165) is 0 Å². The average molecular weight is 157 g/mol. The van der Waals surface area contributed by atoms with Gasteiger partial charge in [-0.1, -0.05) is 0 Å². The molecule has 1 saturated carbocycles. The summed E-state index contributed by atoms with van der Waals surface area (Å²) in [5.74, 6) is 0.323. The number of nitrogens with two attached hydrogens (primary N) is 1. The molecule has 3 heteroatoms. The molecular formula is C8H15NO2. The van der Waals surface area contributed by atoms with E-state index in [-0.39, 0.29) is 11.9 Å². The molecule has 64 valence electrons. The van der Waals surface area contributed by atoms with Gasteiger partial charge in [0.1, 0.15) is 0 Å². The zero-order valence-corrected chi connectivity index (χ0v) is 6.88. The highest BCUT2D eigenvalue weighted by atomic mass is 16.7. The first-order valence-electron chi connectivity index (χ1n) is 4.26. The van der Waals surface area contributed by atoms with Crippen molar-refractivity contribution in [3.8, 4) is 0 Å². The highest BCUT2D eigenvalue weighted by molar-refractivity contribution is 4.90. The number of hydrogen-bond donors (Lipinski definition) is 1. The van der Waals surface area contributed by atoms with E-state index in [2.05, 4.69) is 0 Å². The van der Waals surface area contributed by atoms with E-state index in [0.29, 0.717) is 19.1 Å². The lowest BCUT2D eigenvalue weighted by Crippen LogP contribution is -2.31. The third-order valence-corrected chi connectivity index (χ3v) is 2.54. The zero-order valence-electron chi connectivity index (χ0n) is 6.88. The largest absolute Gasteiger partial charge is 0.347 e. The molecule has 0 amide bonds. The number of ether oxygens (including phenoxy) is 2.